The zero-order valence-corrected chi connectivity index (χ0v) is 16.4. The molecular formula is C17H21F3N2O6S. The number of amides is 1. The van der Waals surface area contributed by atoms with Crippen LogP contribution in [0.3, 0.4) is 0 Å². The first-order valence-electron chi connectivity index (χ1n) is 8.71. The van der Waals surface area contributed by atoms with Gasteiger partial charge in [0.05, 0.1) is 38.6 Å². The van der Waals surface area contributed by atoms with Crippen molar-refractivity contribution in [3.63, 3.8) is 0 Å². The molecule has 3 rings (SSSR count). The summed E-state index contributed by atoms with van der Waals surface area (Å²) in [6.45, 7) is 4.33. The van der Waals surface area contributed by atoms with E-state index in [0.717, 1.165) is 42.9 Å². The number of nitrogens with zero attached hydrogens (tertiary/aromatic N) is 2. The van der Waals surface area contributed by atoms with Crippen LogP contribution in [-0.2, 0) is 19.1 Å². The van der Waals surface area contributed by atoms with Gasteiger partial charge in [-0.3, -0.25) is 9.69 Å². The highest BCUT2D eigenvalue weighted by molar-refractivity contribution is 8.00. The topological polar surface area (TPSA) is 107 Å². The number of morpholine rings is 1. The Bertz CT molecular complexity index is 731. The van der Waals surface area contributed by atoms with Gasteiger partial charge in [-0.25, -0.2) is 4.79 Å². The van der Waals surface area contributed by atoms with Crippen molar-refractivity contribution in [2.75, 3.05) is 45.6 Å². The van der Waals surface area contributed by atoms with E-state index < -0.39 is 18.1 Å². The van der Waals surface area contributed by atoms with E-state index in [0.29, 0.717) is 12.2 Å². The number of likely N-dealkylation sites (N-methyl/N-ethyl adjacent to an activating group) is 1. The van der Waals surface area contributed by atoms with Crippen LogP contribution in [0.2, 0.25) is 0 Å². The number of halogens is 3. The number of carbonyl (C=O) groups excluding carboxylic acids is 2. The first-order valence-corrected chi connectivity index (χ1v) is 9.75. The van der Waals surface area contributed by atoms with Gasteiger partial charge in [-0.15, -0.1) is 11.8 Å². The SMILES string of the molecule is C[N+]1(C/C=C/C2=C(C(=O)O)N3C(=O)CC3SC2)CCOCC1.O=C([O-])C(F)(F)F. The fourth-order valence-corrected chi connectivity index (χ4v) is 4.22. The number of β-lactam (4-membered cyclic amide) rings is 1. The second-order valence-corrected chi connectivity index (χ2v) is 8.13. The van der Waals surface area contributed by atoms with E-state index >= 15 is 0 Å². The van der Waals surface area contributed by atoms with Crippen LogP contribution in [0, 0.1) is 0 Å². The maximum atomic E-state index is 11.7. The minimum atomic E-state index is -5.19. The third kappa shape index (κ3) is 5.97. The molecule has 0 aliphatic carbocycles. The fourth-order valence-electron chi connectivity index (χ4n) is 2.98. The van der Waals surface area contributed by atoms with E-state index in [1.165, 1.54) is 4.90 Å². The van der Waals surface area contributed by atoms with Crippen LogP contribution < -0.4 is 5.11 Å². The first-order chi connectivity index (χ1) is 13.4. The van der Waals surface area contributed by atoms with Crippen LogP contribution in [0.4, 0.5) is 13.2 Å². The average molecular weight is 438 g/mol. The minimum absolute atomic E-state index is 0.0135. The first kappa shape index (κ1) is 23.2. The molecule has 0 aromatic rings. The summed E-state index contributed by atoms with van der Waals surface area (Å²) in [5.74, 6) is -3.45. The number of fused-ring (bicyclic) bond motifs is 1. The molecule has 0 saturated carbocycles. The van der Waals surface area contributed by atoms with Gasteiger partial charge in [0.15, 0.2) is 0 Å². The number of carbonyl (C=O) groups is 3. The number of quaternary nitrogens is 1. The van der Waals surface area contributed by atoms with Crippen molar-refractivity contribution in [2.24, 2.45) is 0 Å². The largest absolute Gasteiger partial charge is 0.542 e. The van der Waals surface area contributed by atoms with Crippen molar-refractivity contribution in [2.45, 2.75) is 18.0 Å². The lowest BCUT2D eigenvalue weighted by molar-refractivity contribution is -0.911. The van der Waals surface area contributed by atoms with E-state index in [1.54, 1.807) is 11.8 Å². The molecule has 0 aromatic carbocycles. The van der Waals surface area contributed by atoms with Gasteiger partial charge in [0.2, 0.25) is 5.91 Å². The van der Waals surface area contributed by atoms with Crippen LogP contribution in [0.15, 0.2) is 23.4 Å². The van der Waals surface area contributed by atoms with Crippen molar-refractivity contribution in [1.29, 1.82) is 0 Å². The highest BCUT2D eigenvalue weighted by atomic mass is 32.2. The molecule has 0 radical (unpaired) electrons. The molecule has 3 aliphatic heterocycles. The Morgan fingerprint density at radius 2 is 1.97 bits per heavy atom. The summed E-state index contributed by atoms with van der Waals surface area (Å²) < 4.78 is 37.8. The van der Waals surface area contributed by atoms with Crippen molar-refractivity contribution in [3.8, 4) is 0 Å². The van der Waals surface area contributed by atoms with Crippen molar-refractivity contribution >= 4 is 29.6 Å². The minimum Gasteiger partial charge on any atom is -0.542 e. The summed E-state index contributed by atoms with van der Waals surface area (Å²) in [6.07, 6.45) is -0.820. The Labute approximate surface area is 169 Å². The lowest BCUT2D eigenvalue weighted by Crippen LogP contribution is -2.53. The third-order valence-corrected chi connectivity index (χ3v) is 5.97. The van der Waals surface area contributed by atoms with Crippen LogP contribution in [0.5, 0.6) is 0 Å². The van der Waals surface area contributed by atoms with Crippen LogP contribution in [0.1, 0.15) is 6.42 Å². The second-order valence-electron chi connectivity index (χ2n) is 6.96. The summed E-state index contributed by atoms with van der Waals surface area (Å²) in [5.41, 5.74) is 0.905. The molecule has 1 unspecified atom stereocenters. The van der Waals surface area contributed by atoms with Gasteiger partial charge in [-0.1, -0.05) is 6.08 Å². The highest BCUT2D eigenvalue weighted by Gasteiger charge is 2.44. The Kier molecular flexibility index (Phi) is 7.35. The molecule has 2 saturated heterocycles. The van der Waals surface area contributed by atoms with Gasteiger partial charge in [-0.05, 0) is 11.6 Å². The van der Waals surface area contributed by atoms with Crippen LogP contribution in [-0.4, -0.2) is 89.5 Å². The maximum Gasteiger partial charge on any atom is 0.430 e. The molecule has 1 N–H and O–H groups in total. The predicted octanol–water partition coefficient (Wildman–Crippen LogP) is -0.0381. The standard InChI is InChI=1S/C15H20N2O4S.C2HF3O2/c1-17(5-7-21-8-6-17)4-2-3-11-10-22-13-9-12(18)16(13)14(11)15(19)20;3-2(4,5)1(6)7/h2-3,13H,4-10H2,1H3;(H,6,7)/b3-2+;. The average Bonchev–Trinajstić information content (AvgIpc) is 2.61. The Hall–Kier alpha value is -2.05. The quantitative estimate of drug-likeness (QED) is 0.485. The normalized spacial score (nSPS) is 23.8. The highest BCUT2D eigenvalue weighted by Crippen LogP contribution is 2.40. The number of thioether (sulfide) groups is 1. The van der Waals surface area contributed by atoms with Gasteiger partial charge >= 0.3 is 12.1 Å². The molecule has 0 spiro atoms. The van der Waals surface area contributed by atoms with Crippen LogP contribution >= 0.6 is 11.8 Å². The summed E-state index contributed by atoms with van der Waals surface area (Å²) in [4.78, 5) is 33.4. The number of hydrogen-bond donors (Lipinski definition) is 1. The molecule has 1 atom stereocenters. The van der Waals surface area contributed by atoms with Gasteiger partial charge in [0.1, 0.15) is 24.8 Å². The van der Waals surface area contributed by atoms with Crippen molar-refractivity contribution in [3.05, 3.63) is 23.4 Å². The van der Waals surface area contributed by atoms with Gasteiger partial charge in [-0.2, -0.15) is 13.2 Å². The summed E-state index contributed by atoms with van der Waals surface area (Å²) in [5, 5.41) is 18.2. The zero-order chi connectivity index (χ0) is 21.8. The van der Waals surface area contributed by atoms with Crippen LogP contribution in [0.25, 0.3) is 0 Å². The Morgan fingerprint density at radius 1 is 1.38 bits per heavy atom. The van der Waals surface area contributed by atoms with E-state index in [2.05, 4.69) is 7.05 Å². The Balaban J connectivity index is 0.000000370. The molecule has 0 aromatic heterocycles. The monoisotopic (exact) mass is 438 g/mol. The number of alkyl halides is 3. The number of hydrogen-bond acceptors (Lipinski definition) is 6. The lowest BCUT2D eigenvalue weighted by Gasteiger charge is -2.43. The zero-order valence-electron chi connectivity index (χ0n) is 15.6. The molecule has 3 heterocycles. The summed E-state index contributed by atoms with van der Waals surface area (Å²) >= 11 is 1.64. The third-order valence-electron chi connectivity index (χ3n) is 4.73. The molecule has 2 fully saturated rings. The number of carboxylic acid groups (broad SMARTS) is 2. The maximum absolute atomic E-state index is 11.7. The van der Waals surface area contributed by atoms with E-state index in [4.69, 9.17) is 14.6 Å². The number of ether oxygens (including phenoxy) is 1. The van der Waals surface area contributed by atoms with Gasteiger partial charge in [0, 0.05) is 5.75 Å². The molecule has 162 valence electrons. The smallest absolute Gasteiger partial charge is 0.430 e. The molecule has 12 heteroatoms. The van der Waals surface area contributed by atoms with Crippen molar-refractivity contribution < 1.29 is 47.0 Å². The number of rotatable bonds is 4. The Morgan fingerprint density at radius 3 is 2.45 bits per heavy atom. The molecule has 1 amide bonds. The van der Waals surface area contributed by atoms with E-state index in [-0.39, 0.29) is 17.0 Å². The van der Waals surface area contributed by atoms with Gasteiger partial charge < -0.3 is 24.2 Å². The molecule has 8 nitrogen and oxygen atoms in total. The molecule has 3 aliphatic rings. The second kappa shape index (κ2) is 9.18. The fraction of sp³-hybridized carbons (Fsp3) is 0.588. The van der Waals surface area contributed by atoms with E-state index in [1.807, 2.05) is 12.2 Å². The number of allylic oxidation sites excluding steroid dienone is 1. The predicted molar refractivity (Wildman–Crippen MR) is 94.2 cm³/mol. The molecular weight excluding hydrogens is 417 g/mol. The number of aliphatic carboxylic acids is 2. The van der Waals surface area contributed by atoms with E-state index in [9.17, 15) is 27.9 Å². The summed E-state index contributed by atoms with van der Waals surface area (Å²) in [6, 6.07) is 0. The molecule has 0 bridgehead atoms. The van der Waals surface area contributed by atoms with Crippen molar-refractivity contribution in [1.82, 2.24) is 4.90 Å². The lowest BCUT2D eigenvalue weighted by atomic mass is 10.1. The molecule has 29 heavy (non-hydrogen) atoms. The summed E-state index contributed by atoms with van der Waals surface area (Å²) in [7, 11) is 2.18. The number of carboxylic acids is 2. The van der Waals surface area contributed by atoms with Gasteiger partial charge in [0.25, 0.3) is 0 Å².